The molecule has 2 rings (SSSR count). The molecule has 3 heteroatoms. The van der Waals surface area contributed by atoms with E-state index in [1.54, 1.807) is 0 Å². The predicted octanol–water partition coefficient (Wildman–Crippen LogP) is 22.5. The van der Waals surface area contributed by atoms with Crippen LogP contribution in [0.4, 0.5) is 11.4 Å². The summed E-state index contributed by atoms with van der Waals surface area (Å²) in [4.78, 5) is 11.2. The van der Waals surface area contributed by atoms with Crippen molar-refractivity contribution in [1.29, 1.82) is 0 Å². The number of nitrogens with zero attached hydrogens (tertiary/aromatic N) is 2. The van der Waals surface area contributed by atoms with Crippen LogP contribution in [-0.2, 0) is 29.3 Å². The molecule has 0 aliphatic rings. The van der Waals surface area contributed by atoms with Gasteiger partial charge in [0, 0.05) is 42.2 Å². The van der Waals surface area contributed by atoms with Crippen molar-refractivity contribution in [2.45, 2.75) is 317 Å². The molecule has 0 aliphatic heterocycles. The van der Waals surface area contributed by atoms with Gasteiger partial charge in [-0.2, -0.15) is 0 Å². The Balaban J connectivity index is 0.0000245. The van der Waals surface area contributed by atoms with Crippen LogP contribution < -0.4 is 0 Å². The molecule has 0 saturated heterocycles. The molecule has 0 saturated carbocycles. The normalized spacial score (nSPS) is 11.5. The van der Waals surface area contributed by atoms with Gasteiger partial charge in [-0.15, -0.1) is 23.7 Å². The molecule has 0 radical (unpaired) electrons. The van der Waals surface area contributed by atoms with Gasteiger partial charge in [-0.05, 0) is 74.6 Å². The Morgan fingerprint density at radius 2 is 0.543 bits per heavy atom. The van der Waals surface area contributed by atoms with Gasteiger partial charge in [0.15, 0.2) is 0 Å². The van der Waals surface area contributed by atoms with Crippen LogP contribution in [0, 0.1) is 23.7 Å². The van der Waals surface area contributed by atoms with Crippen molar-refractivity contribution in [3.05, 3.63) is 59.7 Å². The summed E-state index contributed by atoms with van der Waals surface area (Å²) in [5.74, 6) is 14.1. The molecule has 2 aromatic carbocycles. The van der Waals surface area contributed by atoms with E-state index in [4.69, 9.17) is 9.98 Å². The van der Waals surface area contributed by atoms with E-state index < -0.39 is 0 Å². The van der Waals surface area contributed by atoms with Crippen LogP contribution in [0.25, 0.3) is 0 Å². The summed E-state index contributed by atoms with van der Waals surface area (Å²) in [6, 6.07) is 17.7. The minimum absolute atomic E-state index is 0. The minimum atomic E-state index is 0. The number of unbranched alkanes of at least 4 members (excludes halogenated alkanes) is 35. The third-order valence-corrected chi connectivity index (χ3v) is 14.2. The molecular weight excluding hydrogens is 891 g/mol. The van der Waals surface area contributed by atoms with E-state index in [-0.39, 0.29) is 16.5 Å². The van der Waals surface area contributed by atoms with Crippen molar-refractivity contribution >= 4 is 22.8 Å². The summed E-state index contributed by atoms with van der Waals surface area (Å²) in [7, 11) is 0. The van der Waals surface area contributed by atoms with E-state index in [0.29, 0.717) is 0 Å². The average Bonchev–Trinajstić information content (AvgIpc) is 3.37. The largest absolute Gasteiger partial charge is 0.251 e. The van der Waals surface area contributed by atoms with Crippen LogP contribution in [0.1, 0.15) is 315 Å². The van der Waals surface area contributed by atoms with E-state index in [2.05, 4.69) is 99.9 Å². The summed E-state index contributed by atoms with van der Waals surface area (Å²) in [5, 5.41) is 0. The van der Waals surface area contributed by atoms with Gasteiger partial charge in [-0.1, -0.05) is 276 Å². The molecule has 0 fully saturated rings. The summed E-state index contributed by atoms with van der Waals surface area (Å²) in [6.45, 7) is 9.22. The van der Waals surface area contributed by atoms with E-state index in [1.165, 1.54) is 254 Å². The molecule has 0 spiro atoms. The van der Waals surface area contributed by atoms with Crippen molar-refractivity contribution in [3.8, 4) is 23.7 Å². The average molecular weight is 1000 g/mol. The summed E-state index contributed by atoms with van der Waals surface area (Å²) in [6.07, 6.45) is 58.0. The van der Waals surface area contributed by atoms with Gasteiger partial charge < -0.3 is 0 Å². The summed E-state index contributed by atoms with van der Waals surface area (Å²) in [5.41, 5.74) is 7.25. The Kier molecular flexibility index (Phi) is 47.9. The van der Waals surface area contributed by atoms with Crippen molar-refractivity contribution in [3.63, 3.8) is 0 Å². The Bertz CT molecular complexity index is 1650. The summed E-state index contributed by atoms with van der Waals surface area (Å²) < 4.78 is 0. The second-order valence-electron chi connectivity index (χ2n) is 20.7. The fourth-order valence-corrected chi connectivity index (χ4v) is 9.66. The Morgan fingerprint density at radius 1 is 0.300 bits per heavy atom. The number of hydrogen-bond donors (Lipinski definition) is 0. The predicted molar refractivity (Wildman–Crippen MR) is 311 cm³/mol. The number of para-hydroxylation sites is 2. The smallest absolute Gasteiger partial charge is 0.0666 e. The van der Waals surface area contributed by atoms with E-state index in [0.717, 1.165) is 69.2 Å². The molecule has 0 unspecified atom stereocenters. The molecule has 0 N–H and O–H groups in total. The van der Waals surface area contributed by atoms with Crippen LogP contribution in [-0.4, -0.2) is 11.4 Å². The second-order valence-corrected chi connectivity index (χ2v) is 20.7. The first kappa shape index (κ1) is 65.4. The van der Waals surface area contributed by atoms with Crippen LogP contribution in [0.2, 0.25) is 0 Å². The number of hydrogen-bond acceptors (Lipinski definition) is 2. The zero-order valence-electron chi connectivity index (χ0n) is 46.6. The molecule has 0 bridgehead atoms. The molecular formula is C67H110N2Ni. The van der Waals surface area contributed by atoms with Crippen molar-refractivity contribution < 1.29 is 16.5 Å². The van der Waals surface area contributed by atoms with Gasteiger partial charge >= 0.3 is 0 Å². The first-order chi connectivity index (χ1) is 34.2. The van der Waals surface area contributed by atoms with Gasteiger partial charge in [-0.3, -0.25) is 9.98 Å². The molecule has 0 atom stereocenters. The fourth-order valence-electron chi connectivity index (χ4n) is 9.66. The first-order valence-corrected chi connectivity index (χ1v) is 30.5. The Morgan fingerprint density at radius 3 is 0.857 bits per heavy atom. The molecule has 70 heavy (non-hydrogen) atoms. The number of aryl methyl sites for hydroxylation is 2. The van der Waals surface area contributed by atoms with Gasteiger partial charge in [-0.25, -0.2) is 0 Å². The van der Waals surface area contributed by atoms with Gasteiger partial charge in [0.2, 0.25) is 0 Å². The van der Waals surface area contributed by atoms with Crippen LogP contribution in [0.15, 0.2) is 58.5 Å². The van der Waals surface area contributed by atoms with Crippen molar-refractivity contribution in [2.24, 2.45) is 9.98 Å². The van der Waals surface area contributed by atoms with Crippen molar-refractivity contribution in [1.82, 2.24) is 0 Å². The topological polar surface area (TPSA) is 24.7 Å². The minimum Gasteiger partial charge on any atom is -0.251 e. The summed E-state index contributed by atoms with van der Waals surface area (Å²) >= 11 is 0. The Labute approximate surface area is 446 Å². The third kappa shape index (κ3) is 38.1. The zero-order valence-corrected chi connectivity index (χ0v) is 47.6. The monoisotopic (exact) mass is 1000 g/mol. The van der Waals surface area contributed by atoms with Gasteiger partial charge in [0.25, 0.3) is 0 Å². The van der Waals surface area contributed by atoms with Gasteiger partial charge in [0.1, 0.15) is 0 Å². The number of aliphatic imine (C=N–C) groups is 2. The molecule has 0 aromatic heterocycles. The standard InChI is InChI=1S/C67H110N2.Ni/c1-5-9-13-17-20-22-24-26-28-30-32-34-36-38-41-43-46-54-62-56-50-52-58-64(62)68-66(60-48-16-12-8-4)67(61-49-45-40-19-15-11-7-3)69-65-59-53-51-57-63(65)55-47-44-42-39-37-35-33-31-29-27-25-23-21-18-14-10-6-2;/h50-53,56-59H,5-40,45-49,54-55,60-61H2,1-4H3;. The number of rotatable bonds is 46. The maximum Gasteiger partial charge on any atom is 0.0666 e. The van der Waals surface area contributed by atoms with Gasteiger partial charge in [0.05, 0.1) is 22.8 Å². The van der Waals surface area contributed by atoms with Crippen LogP contribution in [0.3, 0.4) is 0 Å². The van der Waals surface area contributed by atoms with Crippen LogP contribution >= 0.6 is 0 Å². The fraction of sp³-hybridized carbons (Fsp3) is 0.731. The van der Waals surface area contributed by atoms with E-state index in [9.17, 15) is 0 Å². The maximum atomic E-state index is 5.59. The molecule has 2 aromatic rings. The SMILES string of the molecule is CCCCCCCCCCCCCCCC#CCCc1ccccc1N=C(CCCCCC)C(CCCCCCCCC)=Nc1ccccc1CCC#CCCCCCCCCCCCCCCC.[Ni]. The van der Waals surface area contributed by atoms with Crippen LogP contribution in [0.5, 0.6) is 0 Å². The molecule has 0 amide bonds. The van der Waals surface area contributed by atoms with Crippen molar-refractivity contribution in [2.75, 3.05) is 0 Å². The molecule has 0 heterocycles. The first-order valence-electron chi connectivity index (χ1n) is 30.5. The Hall–Kier alpha value is -2.61. The quantitative estimate of drug-likeness (QED) is 0.0273. The van der Waals surface area contributed by atoms with E-state index in [1.807, 2.05) is 0 Å². The molecule has 398 valence electrons. The zero-order chi connectivity index (χ0) is 49.2. The van der Waals surface area contributed by atoms with E-state index >= 15 is 0 Å². The maximum absolute atomic E-state index is 5.59. The number of benzene rings is 2. The second kappa shape index (κ2) is 51.3. The molecule has 0 aliphatic carbocycles. The molecule has 2 nitrogen and oxygen atoms in total. The third-order valence-electron chi connectivity index (χ3n) is 14.2.